The summed E-state index contributed by atoms with van der Waals surface area (Å²) in [5.74, 6) is -3.44. The second-order valence-corrected chi connectivity index (χ2v) is 5.28. The fourth-order valence-electron chi connectivity index (χ4n) is 2.19. The molecule has 0 aliphatic carbocycles. The molecule has 1 aliphatic rings. The van der Waals surface area contributed by atoms with Gasteiger partial charge in [0.2, 0.25) is 0 Å². The summed E-state index contributed by atoms with van der Waals surface area (Å²) in [5.41, 5.74) is 0. The molecule has 0 saturated carbocycles. The number of ether oxygens (including phenoxy) is 4. The minimum absolute atomic E-state index is 0. The van der Waals surface area contributed by atoms with E-state index in [1.54, 1.807) is 0 Å². The molecule has 0 aromatic rings. The fourth-order valence-corrected chi connectivity index (χ4v) is 2.19. The number of carbonyl (C=O) groups is 2. The molecule has 1 rings (SSSR count). The zero-order chi connectivity index (χ0) is 18.3. The third-order valence-electron chi connectivity index (χ3n) is 3.45. The maximum absolute atomic E-state index is 11.1. The summed E-state index contributed by atoms with van der Waals surface area (Å²) in [6.07, 6.45) is 0. The first-order chi connectivity index (χ1) is 12.1. The van der Waals surface area contributed by atoms with Crippen LogP contribution in [0, 0.1) is 0 Å². The van der Waals surface area contributed by atoms with Gasteiger partial charge in [-0.3, -0.25) is 4.90 Å². The van der Waals surface area contributed by atoms with Crippen LogP contribution >= 0.6 is 0 Å². The van der Waals surface area contributed by atoms with Gasteiger partial charge in [-0.1, -0.05) is 0 Å². The zero-order valence-electron chi connectivity index (χ0n) is 16.3. The molecule has 10 nitrogen and oxygen atoms in total. The Morgan fingerprint density at radius 3 is 1.44 bits per heavy atom. The Morgan fingerprint density at radius 1 is 0.704 bits per heavy atom. The summed E-state index contributed by atoms with van der Waals surface area (Å²) < 4.78 is 21.4. The molecule has 0 unspecified atom stereocenters. The van der Waals surface area contributed by atoms with Gasteiger partial charge in [0.1, 0.15) is 0 Å². The molecule has 27 heavy (non-hydrogen) atoms. The molecule has 1 heterocycles. The van der Waals surface area contributed by atoms with Crippen LogP contribution in [0.2, 0.25) is 0 Å². The van der Waals surface area contributed by atoms with Crippen LogP contribution in [0.25, 0.3) is 0 Å². The molecule has 1 aliphatic heterocycles. The number of carboxylic acids is 2. The quantitative estimate of drug-likeness (QED) is 0.333. The van der Waals surface area contributed by atoms with Crippen molar-refractivity contribution in [2.24, 2.45) is 0 Å². The van der Waals surface area contributed by atoms with Crippen LogP contribution in [0.15, 0.2) is 0 Å². The van der Waals surface area contributed by atoms with Gasteiger partial charge in [-0.05, 0) is 0 Å². The second-order valence-electron chi connectivity index (χ2n) is 5.28. The molecule has 1 N–H and O–H groups in total. The van der Waals surface area contributed by atoms with Crippen molar-refractivity contribution >= 4 is 11.9 Å². The number of nitrogens with zero attached hydrogens (tertiary/aromatic N) is 1. The molecule has 0 radical (unpaired) electrons. The van der Waals surface area contributed by atoms with Crippen molar-refractivity contribution in [3.05, 3.63) is 0 Å². The van der Waals surface area contributed by atoms with E-state index in [1.165, 1.54) is 4.90 Å². The number of rotatable bonds is 3. The number of hydrogen-bond acceptors (Lipinski definition) is 10. The van der Waals surface area contributed by atoms with Crippen LogP contribution in [0.5, 0.6) is 0 Å². The van der Waals surface area contributed by atoms with Gasteiger partial charge in [0.15, 0.2) is 0 Å². The molecule has 0 atom stereocenters. The number of aliphatic carboxylic acids is 2. The third kappa shape index (κ3) is 16.3. The maximum Gasteiger partial charge on any atom is 1.00 e. The van der Waals surface area contributed by atoms with Crippen molar-refractivity contribution in [3.63, 3.8) is 0 Å². The summed E-state index contributed by atoms with van der Waals surface area (Å²) in [6, 6.07) is -1.85. The van der Waals surface area contributed by atoms with E-state index in [-0.39, 0.29) is 129 Å². The van der Waals surface area contributed by atoms with Gasteiger partial charge in [-0.25, -0.2) is 0 Å². The molecule has 1 saturated heterocycles. The van der Waals surface area contributed by atoms with Crippen molar-refractivity contribution in [3.8, 4) is 0 Å². The van der Waals surface area contributed by atoms with Crippen LogP contribution < -0.4 is 118 Å². The standard InChI is InChI=1S/C15H28N2O8.2K/c18-14(19)13(15(20)21)17-3-7-24-11-9-22-5-1-16-2-6-23-10-12-25-8-4-17;;/h13,16H,1-12H2,(H,18,19)(H,20,21);;/q;2*+1/p-2. The normalized spacial score (nSPS) is 19.7. The minimum atomic E-state index is -1.85. The van der Waals surface area contributed by atoms with Gasteiger partial charge in [0.25, 0.3) is 0 Å². The molecule has 0 aromatic carbocycles. The minimum Gasteiger partial charge on any atom is -0.548 e. The first-order valence-corrected chi connectivity index (χ1v) is 8.30. The van der Waals surface area contributed by atoms with Crippen LogP contribution in [-0.4, -0.2) is 102 Å². The Bertz CT molecular complexity index is 361. The summed E-state index contributed by atoms with van der Waals surface area (Å²) in [4.78, 5) is 23.3. The Kier molecular flexibility index (Phi) is 24.5. The fraction of sp³-hybridized carbons (Fsp3) is 0.867. The second kappa shape index (κ2) is 21.2. The van der Waals surface area contributed by atoms with E-state index < -0.39 is 18.0 Å². The molecule has 0 spiro atoms. The molecule has 0 amide bonds. The van der Waals surface area contributed by atoms with E-state index in [2.05, 4.69) is 5.32 Å². The molecule has 1 fully saturated rings. The smallest absolute Gasteiger partial charge is 0.548 e. The van der Waals surface area contributed by atoms with Crippen molar-refractivity contribution in [2.45, 2.75) is 6.04 Å². The van der Waals surface area contributed by atoms with Crippen molar-refractivity contribution in [1.29, 1.82) is 0 Å². The number of carbonyl (C=O) groups excluding carboxylic acids is 2. The molecular weight excluding hydrogens is 414 g/mol. The van der Waals surface area contributed by atoms with Crippen LogP contribution in [-0.2, 0) is 28.5 Å². The van der Waals surface area contributed by atoms with Crippen LogP contribution in [0.3, 0.4) is 0 Å². The van der Waals surface area contributed by atoms with E-state index in [9.17, 15) is 19.8 Å². The summed E-state index contributed by atoms with van der Waals surface area (Å²) in [6.45, 7) is 4.41. The SMILES string of the molecule is O=C([O-])C(C(=O)[O-])N1CCOCCOCCNCCOCCOCC1.[K+].[K+]. The van der Waals surface area contributed by atoms with Crippen molar-refractivity contribution in [1.82, 2.24) is 10.2 Å². The van der Waals surface area contributed by atoms with Crippen LogP contribution in [0.1, 0.15) is 0 Å². The molecule has 0 bridgehead atoms. The first kappa shape index (κ1) is 31.2. The Morgan fingerprint density at radius 2 is 1.07 bits per heavy atom. The van der Waals surface area contributed by atoms with E-state index in [0.717, 1.165) is 0 Å². The average molecular weight is 441 g/mol. The van der Waals surface area contributed by atoms with Crippen LogP contribution in [0.4, 0.5) is 0 Å². The number of carboxylic acid groups (broad SMARTS) is 2. The average Bonchev–Trinajstić information content (AvgIpc) is 2.55. The van der Waals surface area contributed by atoms with E-state index >= 15 is 0 Å². The third-order valence-corrected chi connectivity index (χ3v) is 3.45. The first-order valence-electron chi connectivity index (χ1n) is 8.30. The van der Waals surface area contributed by atoms with Gasteiger partial charge < -0.3 is 44.1 Å². The monoisotopic (exact) mass is 440 g/mol. The summed E-state index contributed by atoms with van der Waals surface area (Å²) >= 11 is 0. The van der Waals surface area contributed by atoms with E-state index in [0.29, 0.717) is 52.7 Å². The molecule has 146 valence electrons. The van der Waals surface area contributed by atoms with Gasteiger partial charge in [0.05, 0.1) is 70.8 Å². The predicted molar refractivity (Wildman–Crippen MR) is 81.5 cm³/mol. The summed E-state index contributed by atoms with van der Waals surface area (Å²) in [5, 5.41) is 25.3. The molecular formula is C15H26K2N2O8. The number of nitrogens with one attached hydrogen (secondary N) is 1. The Labute approximate surface area is 244 Å². The maximum atomic E-state index is 11.1. The van der Waals surface area contributed by atoms with E-state index in [1.807, 2.05) is 0 Å². The molecule has 12 heteroatoms. The van der Waals surface area contributed by atoms with Crippen molar-refractivity contribution in [2.75, 3.05) is 79.0 Å². The van der Waals surface area contributed by atoms with Gasteiger partial charge in [0, 0.05) is 26.2 Å². The van der Waals surface area contributed by atoms with Gasteiger partial charge >= 0.3 is 103 Å². The van der Waals surface area contributed by atoms with Gasteiger partial charge in [-0.15, -0.1) is 0 Å². The van der Waals surface area contributed by atoms with E-state index in [4.69, 9.17) is 18.9 Å². The topological polar surface area (TPSA) is 132 Å². The van der Waals surface area contributed by atoms with Gasteiger partial charge in [-0.2, -0.15) is 0 Å². The zero-order valence-corrected chi connectivity index (χ0v) is 22.5. The van der Waals surface area contributed by atoms with Crippen molar-refractivity contribution < 1.29 is 142 Å². The number of hydrogen-bond donors (Lipinski definition) is 1. The Hall–Kier alpha value is 1.97. The summed E-state index contributed by atoms with van der Waals surface area (Å²) in [7, 11) is 0. The Balaban J connectivity index is 0. The largest absolute Gasteiger partial charge is 1.00 e. The predicted octanol–water partition coefficient (Wildman–Crippen LogP) is -10.2. The molecule has 0 aromatic heterocycles.